The highest BCUT2D eigenvalue weighted by Crippen LogP contribution is 1.94. The third kappa shape index (κ3) is 5.69. The SMILES string of the molecule is CC(C#N)CN(C)C(N)=[N+](C)C.[I-]. The number of hydrogen-bond donors (Lipinski definition) is 1. The van der Waals surface area contributed by atoms with Crippen LogP contribution < -0.4 is 29.7 Å². The van der Waals surface area contributed by atoms with E-state index in [9.17, 15) is 0 Å². The quantitative estimate of drug-likeness (QED) is 0.251. The molecule has 0 aliphatic carbocycles. The summed E-state index contributed by atoms with van der Waals surface area (Å²) in [7, 11) is 5.63. The van der Waals surface area contributed by atoms with E-state index in [1.165, 1.54) is 0 Å². The predicted octanol–water partition coefficient (Wildman–Crippen LogP) is -3.33. The third-order valence-electron chi connectivity index (χ3n) is 1.62. The number of hydrogen-bond acceptors (Lipinski definition) is 1. The van der Waals surface area contributed by atoms with Crippen molar-refractivity contribution in [3.8, 4) is 6.07 Å². The van der Waals surface area contributed by atoms with E-state index in [4.69, 9.17) is 11.0 Å². The van der Waals surface area contributed by atoms with Crippen LogP contribution in [0.1, 0.15) is 6.92 Å². The van der Waals surface area contributed by atoms with E-state index >= 15 is 0 Å². The van der Waals surface area contributed by atoms with Gasteiger partial charge in [-0.25, -0.2) is 0 Å². The second kappa shape index (κ2) is 6.95. The molecule has 0 aliphatic rings. The fourth-order valence-corrected chi connectivity index (χ4v) is 0.887. The topological polar surface area (TPSA) is 56.1 Å². The Kier molecular flexibility index (Phi) is 8.01. The summed E-state index contributed by atoms with van der Waals surface area (Å²) in [4.78, 5) is 1.87. The minimum Gasteiger partial charge on any atom is -1.00 e. The molecule has 2 N–H and O–H groups in total. The fraction of sp³-hybridized carbons (Fsp3) is 0.750. The molecule has 0 aromatic rings. The van der Waals surface area contributed by atoms with Crippen molar-refractivity contribution in [3.05, 3.63) is 0 Å². The van der Waals surface area contributed by atoms with Gasteiger partial charge in [-0.3, -0.25) is 15.2 Å². The molecule has 0 radical (unpaired) electrons. The molecular formula is C8H17IN4. The molecule has 0 spiro atoms. The first-order chi connectivity index (χ1) is 5.49. The van der Waals surface area contributed by atoms with Crippen molar-refractivity contribution in [2.75, 3.05) is 27.7 Å². The molecule has 0 aliphatic heterocycles. The van der Waals surface area contributed by atoms with Crippen molar-refractivity contribution >= 4 is 5.96 Å². The van der Waals surface area contributed by atoms with Gasteiger partial charge in [0, 0.05) is 0 Å². The van der Waals surface area contributed by atoms with E-state index in [1.54, 1.807) is 0 Å². The Morgan fingerprint density at radius 1 is 1.62 bits per heavy atom. The molecule has 5 heteroatoms. The monoisotopic (exact) mass is 296 g/mol. The number of nitriles is 1. The number of nitrogens with two attached hydrogens (primary N) is 1. The largest absolute Gasteiger partial charge is 1.00 e. The Bertz CT molecular complexity index is 215. The van der Waals surface area contributed by atoms with Crippen molar-refractivity contribution < 1.29 is 28.6 Å². The minimum absolute atomic E-state index is 0. The second-order valence-corrected chi connectivity index (χ2v) is 3.16. The molecule has 0 aromatic heterocycles. The van der Waals surface area contributed by atoms with Crippen LogP contribution in [0.25, 0.3) is 0 Å². The van der Waals surface area contributed by atoms with Crippen LogP contribution in [0.4, 0.5) is 0 Å². The lowest BCUT2D eigenvalue weighted by Gasteiger charge is -2.14. The van der Waals surface area contributed by atoms with Crippen molar-refractivity contribution in [2.45, 2.75) is 6.92 Å². The number of guanidine groups is 1. The van der Waals surface area contributed by atoms with Gasteiger partial charge in [0.05, 0.1) is 39.7 Å². The molecule has 76 valence electrons. The zero-order valence-electron chi connectivity index (χ0n) is 8.58. The van der Waals surface area contributed by atoms with Crippen LogP contribution in [-0.4, -0.2) is 43.1 Å². The summed E-state index contributed by atoms with van der Waals surface area (Å²) in [5, 5.41) is 8.56. The lowest BCUT2D eigenvalue weighted by molar-refractivity contribution is -0.471. The molecular weight excluding hydrogens is 279 g/mol. The minimum atomic E-state index is 0. The Hall–Kier alpha value is -0.510. The molecule has 0 fully saturated rings. The van der Waals surface area contributed by atoms with Crippen molar-refractivity contribution in [2.24, 2.45) is 11.7 Å². The van der Waals surface area contributed by atoms with Crippen LogP contribution in [0.5, 0.6) is 0 Å². The average Bonchev–Trinajstić information content (AvgIpc) is 2.02. The normalized spacial score (nSPS) is 10.7. The van der Waals surface area contributed by atoms with Crippen molar-refractivity contribution in [3.63, 3.8) is 0 Å². The number of nitrogens with zero attached hydrogens (tertiary/aromatic N) is 3. The first-order valence-electron chi connectivity index (χ1n) is 3.89. The zero-order chi connectivity index (χ0) is 9.72. The molecule has 13 heavy (non-hydrogen) atoms. The van der Waals surface area contributed by atoms with E-state index in [1.807, 2.05) is 37.5 Å². The van der Waals surface area contributed by atoms with Gasteiger partial charge in [0.2, 0.25) is 0 Å². The van der Waals surface area contributed by atoms with Crippen LogP contribution in [0.3, 0.4) is 0 Å². The van der Waals surface area contributed by atoms with Crippen molar-refractivity contribution in [1.29, 1.82) is 5.26 Å². The molecule has 1 unspecified atom stereocenters. The maximum Gasteiger partial charge on any atom is 0.345 e. The Morgan fingerprint density at radius 3 is 2.38 bits per heavy atom. The summed E-state index contributed by atoms with van der Waals surface area (Å²) >= 11 is 0. The van der Waals surface area contributed by atoms with Crippen molar-refractivity contribution in [1.82, 2.24) is 4.90 Å². The molecule has 0 saturated heterocycles. The second-order valence-electron chi connectivity index (χ2n) is 3.16. The molecule has 0 saturated carbocycles. The van der Waals surface area contributed by atoms with Gasteiger partial charge in [-0.2, -0.15) is 5.26 Å². The van der Waals surface area contributed by atoms with Gasteiger partial charge in [0.1, 0.15) is 0 Å². The van der Waals surface area contributed by atoms with E-state index < -0.39 is 0 Å². The van der Waals surface area contributed by atoms with E-state index in [-0.39, 0.29) is 29.9 Å². The lowest BCUT2D eigenvalue weighted by Crippen LogP contribution is -3.00. The summed E-state index contributed by atoms with van der Waals surface area (Å²) in [5.74, 6) is 0.686. The highest BCUT2D eigenvalue weighted by Gasteiger charge is 2.13. The van der Waals surface area contributed by atoms with E-state index in [0.29, 0.717) is 12.5 Å². The van der Waals surface area contributed by atoms with Gasteiger partial charge >= 0.3 is 5.96 Å². The molecule has 0 aromatic carbocycles. The van der Waals surface area contributed by atoms with Crippen LogP contribution in [0, 0.1) is 17.2 Å². The Labute approximate surface area is 97.0 Å². The van der Waals surface area contributed by atoms with Gasteiger partial charge < -0.3 is 24.0 Å². The lowest BCUT2D eigenvalue weighted by atomic mass is 10.2. The summed E-state index contributed by atoms with van der Waals surface area (Å²) in [5.41, 5.74) is 5.72. The molecule has 0 heterocycles. The first-order valence-corrected chi connectivity index (χ1v) is 3.89. The Morgan fingerprint density at radius 2 is 2.08 bits per heavy atom. The number of rotatable bonds is 2. The van der Waals surface area contributed by atoms with Gasteiger partial charge in [-0.05, 0) is 6.92 Å². The molecule has 0 amide bonds. The third-order valence-corrected chi connectivity index (χ3v) is 1.62. The molecule has 0 rings (SSSR count). The standard InChI is InChI=1S/C8H16N4.HI/c1-7(5-9)6-12(4)8(10)11(2)3;/h7,10H,6H2,1-4H3;1H. The summed E-state index contributed by atoms with van der Waals surface area (Å²) < 4.78 is 1.82. The maximum atomic E-state index is 8.56. The molecule has 0 bridgehead atoms. The van der Waals surface area contributed by atoms with Crippen LogP contribution in [0.2, 0.25) is 0 Å². The van der Waals surface area contributed by atoms with Gasteiger partial charge in [-0.1, -0.05) is 0 Å². The predicted molar refractivity (Wildman–Crippen MR) is 48.7 cm³/mol. The maximum absolute atomic E-state index is 8.56. The van der Waals surface area contributed by atoms with Gasteiger partial charge in [0.25, 0.3) is 0 Å². The van der Waals surface area contributed by atoms with Crippen LogP contribution >= 0.6 is 0 Å². The van der Waals surface area contributed by atoms with Crippen LogP contribution in [-0.2, 0) is 0 Å². The summed E-state index contributed by atoms with van der Waals surface area (Å²) in [6, 6.07) is 2.16. The van der Waals surface area contributed by atoms with Gasteiger partial charge in [-0.15, -0.1) is 0 Å². The number of halogens is 1. The molecule has 4 nitrogen and oxygen atoms in total. The van der Waals surface area contributed by atoms with E-state index in [2.05, 4.69) is 6.07 Å². The smallest absolute Gasteiger partial charge is 0.345 e. The van der Waals surface area contributed by atoms with E-state index in [0.717, 1.165) is 0 Å². The Balaban J connectivity index is 0. The summed E-state index contributed by atoms with van der Waals surface area (Å²) in [6.07, 6.45) is 0. The van der Waals surface area contributed by atoms with Gasteiger partial charge in [0.15, 0.2) is 0 Å². The average molecular weight is 296 g/mol. The molecule has 1 atom stereocenters. The first kappa shape index (κ1) is 15.0. The highest BCUT2D eigenvalue weighted by atomic mass is 127. The highest BCUT2D eigenvalue weighted by molar-refractivity contribution is 5.72. The zero-order valence-corrected chi connectivity index (χ0v) is 10.7. The fourth-order valence-electron chi connectivity index (χ4n) is 0.887. The summed E-state index contributed by atoms with van der Waals surface area (Å²) in [6.45, 7) is 2.54. The van der Waals surface area contributed by atoms with Crippen LogP contribution in [0.15, 0.2) is 0 Å².